The second kappa shape index (κ2) is 8.25. The lowest BCUT2D eigenvalue weighted by atomic mass is 9.45. The van der Waals surface area contributed by atoms with Gasteiger partial charge in [0.2, 0.25) is 0 Å². The monoisotopic (exact) mass is 536 g/mol. The van der Waals surface area contributed by atoms with E-state index in [4.69, 9.17) is 4.52 Å². The van der Waals surface area contributed by atoms with Crippen LogP contribution in [-0.4, -0.2) is 43.6 Å². The standard InChI is InChI=1S/C29H32N2O4S2/c1-27-12-16-14-30-35-22(16)11-17(27)7-8-18-19-9-10-29(34,28(19,2)13-21(32)25(18)27)24(33)15-36-26-31-20-5-3-4-6-23(20)37-26/h3-6,11,14,18-19,21,25,32,34H,7-10,12-13,15H2,1-2H3. The Morgan fingerprint density at radius 1 is 1.27 bits per heavy atom. The lowest BCUT2D eigenvalue weighted by Crippen LogP contribution is -2.62. The van der Waals surface area contributed by atoms with E-state index in [1.54, 1.807) is 11.3 Å². The minimum atomic E-state index is -1.42. The molecular formula is C29H32N2O4S2. The molecule has 7 unspecified atom stereocenters. The first-order chi connectivity index (χ1) is 17.7. The van der Waals surface area contributed by atoms with Gasteiger partial charge in [0.1, 0.15) is 5.60 Å². The number of Topliss-reactive ketones (excluding diaryl/α,β-unsaturated/α-hetero) is 1. The highest BCUT2D eigenvalue weighted by Crippen LogP contribution is 2.67. The van der Waals surface area contributed by atoms with Gasteiger partial charge in [-0.05, 0) is 79.9 Å². The molecule has 4 aliphatic rings. The van der Waals surface area contributed by atoms with Crippen molar-refractivity contribution in [2.75, 3.05) is 5.75 Å². The normalized spacial score (nSPS) is 38.4. The maximum Gasteiger partial charge on any atom is 0.175 e. The van der Waals surface area contributed by atoms with Gasteiger partial charge in [-0.15, -0.1) is 11.3 Å². The van der Waals surface area contributed by atoms with Crippen molar-refractivity contribution in [3.8, 4) is 0 Å². The van der Waals surface area contributed by atoms with Crippen LogP contribution in [0.15, 0.2) is 44.9 Å². The third-order valence-electron chi connectivity index (χ3n) is 10.4. The molecule has 1 aromatic carbocycles. The third-order valence-corrected chi connectivity index (χ3v) is 12.6. The molecule has 0 radical (unpaired) electrons. The number of ketones is 1. The minimum Gasteiger partial charge on any atom is -0.393 e. The van der Waals surface area contributed by atoms with Gasteiger partial charge in [0, 0.05) is 11.0 Å². The van der Waals surface area contributed by atoms with Gasteiger partial charge in [-0.3, -0.25) is 4.79 Å². The number of fused-ring (bicyclic) bond motifs is 7. The van der Waals surface area contributed by atoms with Gasteiger partial charge in [0.05, 0.1) is 28.3 Å². The molecule has 7 rings (SSSR count). The van der Waals surface area contributed by atoms with E-state index in [1.807, 2.05) is 30.5 Å². The minimum absolute atomic E-state index is 0.100. The summed E-state index contributed by atoms with van der Waals surface area (Å²) in [6.07, 6.45) is 7.88. The van der Waals surface area contributed by atoms with Crippen LogP contribution in [0, 0.1) is 28.6 Å². The van der Waals surface area contributed by atoms with Gasteiger partial charge in [-0.2, -0.15) is 0 Å². The number of thioether (sulfide) groups is 1. The highest BCUT2D eigenvalue weighted by Gasteiger charge is 2.68. The highest BCUT2D eigenvalue weighted by atomic mass is 32.2. The van der Waals surface area contributed by atoms with Gasteiger partial charge < -0.3 is 14.7 Å². The predicted octanol–water partition coefficient (Wildman–Crippen LogP) is 5.53. The molecule has 0 saturated heterocycles. The summed E-state index contributed by atoms with van der Waals surface area (Å²) in [5, 5.41) is 27.7. The molecule has 8 heteroatoms. The number of benzene rings is 1. The molecule has 0 spiro atoms. The summed E-state index contributed by atoms with van der Waals surface area (Å²) < 4.78 is 7.41. The molecule has 6 nitrogen and oxygen atoms in total. The van der Waals surface area contributed by atoms with Crippen molar-refractivity contribution in [3.63, 3.8) is 0 Å². The van der Waals surface area contributed by atoms with Crippen molar-refractivity contribution in [2.45, 2.75) is 68.4 Å². The number of carbonyl (C=O) groups is 1. The van der Waals surface area contributed by atoms with E-state index in [0.717, 1.165) is 51.6 Å². The molecule has 3 fully saturated rings. The molecule has 2 aromatic heterocycles. The maximum atomic E-state index is 13.7. The second-order valence-electron chi connectivity index (χ2n) is 12.1. The summed E-state index contributed by atoms with van der Waals surface area (Å²) in [6, 6.07) is 7.98. The molecule has 0 bridgehead atoms. The van der Waals surface area contributed by atoms with Crippen molar-refractivity contribution >= 4 is 45.2 Å². The number of aromatic nitrogens is 2. The topological polar surface area (TPSA) is 96.5 Å². The quantitative estimate of drug-likeness (QED) is 0.423. The molecule has 194 valence electrons. The van der Waals surface area contributed by atoms with E-state index in [9.17, 15) is 15.0 Å². The van der Waals surface area contributed by atoms with Gasteiger partial charge in [0.15, 0.2) is 15.9 Å². The fraction of sp³-hybridized carbons (Fsp3) is 0.552. The number of hydrogen-bond acceptors (Lipinski definition) is 8. The largest absolute Gasteiger partial charge is 0.393 e. The van der Waals surface area contributed by atoms with Crippen molar-refractivity contribution in [1.82, 2.24) is 10.1 Å². The molecule has 7 atom stereocenters. The van der Waals surface area contributed by atoms with E-state index < -0.39 is 17.1 Å². The second-order valence-corrected chi connectivity index (χ2v) is 14.3. The zero-order valence-electron chi connectivity index (χ0n) is 21.1. The summed E-state index contributed by atoms with van der Waals surface area (Å²) in [6.45, 7) is 4.36. The molecule has 4 aliphatic carbocycles. The van der Waals surface area contributed by atoms with Crippen molar-refractivity contribution < 1.29 is 19.5 Å². The molecular weight excluding hydrogens is 504 g/mol. The van der Waals surface area contributed by atoms with Crippen LogP contribution < -0.4 is 0 Å². The molecule has 3 saturated carbocycles. The van der Waals surface area contributed by atoms with Crippen LogP contribution >= 0.6 is 23.1 Å². The molecule has 3 aromatic rings. The Balaban J connectivity index is 1.14. The number of para-hydroxylation sites is 1. The lowest BCUT2D eigenvalue weighted by Gasteiger charge is -2.60. The van der Waals surface area contributed by atoms with Gasteiger partial charge >= 0.3 is 0 Å². The van der Waals surface area contributed by atoms with Gasteiger partial charge in [0.25, 0.3) is 0 Å². The summed E-state index contributed by atoms with van der Waals surface area (Å²) >= 11 is 3.01. The fourth-order valence-corrected chi connectivity index (χ4v) is 10.7. The Labute approximate surface area is 224 Å². The predicted molar refractivity (Wildman–Crippen MR) is 144 cm³/mol. The number of carbonyl (C=O) groups excluding carboxylic acids is 1. The third kappa shape index (κ3) is 3.35. The van der Waals surface area contributed by atoms with Gasteiger partial charge in [-0.1, -0.05) is 48.5 Å². The summed E-state index contributed by atoms with van der Waals surface area (Å²) in [5.74, 6) is 1.52. The smallest absolute Gasteiger partial charge is 0.175 e. The fourth-order valence-electron chi connectivity index (χ4n) is 8.64. The Bertz CT molecular complexity index is 1400. The number of aliphatic hydroxyl groups is 2. The Morgan fingerprint density at radius 3 is 2.95 bits per heavy atom. The van der Waals surface area contributed by atoms with Crippen LogP contribution in [0.5, 0.6) is 0 Å². The van der Waals surface area contributed by atoms with Crippen LogP contribution in [0.4, 0.5) is 0 Å². The average Bonchev–Trinajstić information content (AvgIpc) is 3.56. The van der Waals surface area contributed by atoms with Crippen LogP contribution in [0.2, 0.25) is 0 Å². The molecule has 2 heterocycles. The van der Waals surface area contributed by atoms with Crippen molar-refractivity contribution in [2.24, 2.45) is 28.6 Å². The van der Waals surface area contributed by atoms with E-state index in [1.165, 1.54) is 17.3 Å². The van der Waals surface area contributed by atoms with E-state index in [0.29, 0.717) is 12.8 Å². The van der Waals surface area contributed by atoms with Crippen LogP contribution in [0.3, 0.4) is 0 Å². The molecule has 0 aliphatic heterocycles. The number of thiazole rings is 1. The van der Waals surface area contributed by atoms with Crippen LogP contribution in [-0.2, 0) is 11.2 Å². The lowest BCUT2D eigenvalue weighted by molar-refractivity contribution is -0.177. The van der Waals surface area contributed by atoms with E-state index >= 15 is 0 Å². The number of allylic oxidation sites excluding steroid dienone is 1. The maximum absolute atomic E-state index is 13.7. The van der Waals surface area contributed by atoms with E-state index in [-0.39, 0.29) is 34.7 Å². The van der Waals surface area contributed by atoms with Gasteiger partial charge in [-0.25, -0.2) is 4.98 Å². The first kappa shape index (κ1) is 24.1. The van der Waals surface area contributed by atoms with Crippen molar-refractivity contribution in [1.29, 1.82) is 0 Å². The number of aliphatic hydroxyl groups excluding tert-OH is 1. The first-order valence-electron chi connectivity index (χ1n) is 13.3. The zero-order chi connectivity index (χ0) is 25.6. The Kier molecular flexibility index (Phi) is 5.37. The van der Waals surface area contributed by atoms with Crippen LogP contribution in [0.1, 0.15) is 57.3 Å². The summed E-state index contributed by atoms with van der Waals surface area (Å²) in [4.78, 5) is 18.3. The molecule has 0 amide bonds. The Morgan fingerprint density at radius 2 is 2.11 bits per heavy atom. The molecule has 2 N–H and O–H groups in total. The number of nitrogens with zero attached hydrogens (tertiary/aromatic N) is 2. The Hall–Kier alpha value is -2.00. The van der Waals surface area contributed by atoms with Crippen LogP contribution in [0.25, 0.3) is 16.3 Å². The highest BCUT2D eigenvalue weighted by molar-refractivity contribution is 8.01. The zero-order valence-corrected chi connectivity index (χ0v) is 22.8. The average molecular weight is 537 g/mol. The molecule has 37 heavy (non-hydrogen) atoms. The number of rotatable bonds is 4. The first-order valence-corrected chi connectivity index (χ1v) is 15.1. The number of hydrogen-bond donors (Lipinski definition) is 2. The van der Waals surface area contributed by atoms with Crippen molar-refractivity contribution in [3.05, 3.63) is 47.4 Å². The summed E-state index contributed by atoms with van der Waals surface area (Å²) in [7, 11) is 0. The van der Waals surface area contributed by atoms with E-state index in [2.05, 4.69) is 30.1 Å². The SMILES string of the molecule is CC12Cc3cnoc3C=C1CCC1C2C(O)CC2(C)C1CCC2(O)C(=O)CSc1nc2ccccc2s1. The summed E-state index contributed by atoms with van der Waals surface area (Å²) in [5.41, 5.74) is 1.19.